The molecule has 4 nitrogen and oxygen atoms in total. The van der Waals surface area contributed by atoms with Crippen LogP contribution in [-0.2, 0) is 10.0 Å². The van der Waals surface area contributed by atoms with Crippen LogP contribution in [0.2, 0.25) is 0 Å². The molecule has 1 aromatic heterocycles. The Morgan fingerprint density at radius 1 is 1.37 bits per heavy atom. The van der Waals surface area contributed by atoms with Crippen LogP contribution in [0.4, 0.5) is 0 Å². The van der Waals surface area contributed by atoms with E-state index in [4.69, 9.17) is 5.26 Å². The fraction of sp³-hybridized carbons (Fsp3) is 0.615. The molecule has 19 heavy (non-hydrogen) atoms. The molecule has 0 aliphatic heterocycles. The highest BCUT2D eigenvalue weighted by molar-refractivity contribution is 7.91. The smallest absolute Gasteiger partial charge is 0.210 e. The lowest BCUT2D eigenvalue weighted by Crippen LogP contribution is -2.24. The first-order chi connectivity index (χ1) is 9.12. The molecular weight excluding hydrogens is 280 g/mol. The van der Waals surface area contributed by atoms with E-state index in [0.29, 0.717) is 11.4 Å². The van der Waals surface area contributed by atoms with Crippen LogP contribution in [-0.4, -0.2) is 15.0 Å². The van der Waals surface area contributed by atoms with E-state index in [1.165, 1.54) is 37.8 Å². The third-order valence-corrected chi connectivity index (χ3v) is 6.46. The van der Waals surface area contributed by atoms with Crippen molar-refractivity contribution < 1.29 is 8.42 Å². The van der Waals surface area contributed by atoms with E-state index in [9.17, 15) is 8.42 Å². The van der Waals surface area contributed by atoms with Crippen LogP contribution in [0.15, 0.2) is 16.3 Å². The summed E-state index contributed by atoms with van der Waals surface area (Å²) in [6, 6.07) is 4.98. The topological polar surface area (TPSA) is 70.0 Å². The molecule has 1 aliphatic carbocycles. The van der Waals surface area contributed by atoms with Crippen molar-refractivity contribution in [3.63, 3.8) is 0 Å². The van der Waals surface area contributed by atoms with Gasteiger partial charge in [-0.05, 0) is 30.9 Å². The number of nitrogens with zero attached hydrogens (tertiary/aromatic N) is 1. The van der Waals surface area contributed by atoms with Gasteiger partial charge in [-0.3, -0.25) is 0 Å². The molecule has 1 saturated carbocycles. The van der Waals surface area contributed by atoms with Crippen LogP contribution >= 0.6 is 11.3 Å². The largest absolute Gasteiger partial charge is 0.250 e. The first kappa shape index (κ1) is 14.5. The molecule has 0 radical (unpaired) electrons. The summed E-state index contributed by atoms with van der Waals surface area (Å²) in [5.74, 6) is 0.788. The standard InChI is InChI=1S/C13H18N2O2S2/c14-10-12-7-8-13(18-12)19(16,17)15-9-3-6-11-4-1-2-5-11/h7-8,11,15H,1-6,9H2. The molecule has 1 heterocycles. The minimum Gasteiger partial charge on any atom is -0.210 e. The molecule has 0 spiro atoms. The fourth-order valence-corrected chi connectivity index (χ4v) is 4.71. The molecule has 0 atom stereocenters. The monoisotopic (exact) mass is 298 g/mol. The van der Waals surface area contributed by atoms with Crippen LogP contribution in [0, 0.1) is 17.2 Å². The van der Waals surface area contributed by atoms with E-state index in [0.717, 1.165) is 30.1 Å². The maximum Gasteiger partial charge on any atom is 0.250 e. The second-order valence-corrected chi connectivity index (χ2v) is 8.00. The van der Waals surface area contributed by atoms with Crippen molar-refractivity contribution in [1.82, 2.24) is 4.72 Å². The quantitative estimate of drug-likeness (QED) is 0.821. The van der Waals surface area contributed by atoms with Gasteiger partial charge in [0.05, 0.1) is 0 Å². The van der Waals surface area contributed by atoms with Crippen molar-refractivity contribution in [2.24, 2.45) is 5.92 Å². The van der Waals surface area contributed by atoms with Gasteiger partial charge in [-0.1, -0.05) is 25.7 Å². The van der Waals surface area contributed by atoms with Gasteiger partial charge in [-0.2, -0.15) is 5.26 Å². The van der Waals surface area contributed by atoms with Crippen molar-refractivity contribution in [3.05, 3.63) is 17.0 Å². The van der Waals surface area contributed by atoms with Crippen LogP contribution in [0.25, 0.3) is 0 Å². The summed E-state index contributed by atoms with van der Waals surface area (Å²) < 4.78 is 26.7. The molecule has 1 aliphatic rings. The first-order valence-electron chi connectivity index (χ1n) is 6.61. The Bertz CT molecular complexity index is 551. The zero-order valence-corrected chi connectivity index (χ0v) is 12.4. The lowest BCUT2D eigenvalue weighted by atomic mass is 10.0. The predicted octanol–water partition coefficient (Wildman–Crippen LogP) is 2.87. The van der Waals surface area contributed by atoms with Crippen LogP contribution in [0.1, 0.15) is 43.4 Å². The summed E-state index contributed by atoms with van der Waals surface area (Å²) >= 11 is 1.01. The summed E-state index contributed by atoms with van der Waals surface area (Å²) in [6.07, 6.45) is 7.23. The SMILES string of the molecule is N#Cc1ccc(S(=O)(=O)NCCCC2CCCC2)s1. The highest BCUT2D eigenvalue weighted by atomic mass is 32.2. The van der Waals surface area contributed by atoms with E-state index in [1.807, 2.05) is 6.07 Å². The zero-order valence-electron chi connectivity index (χ0n) is 10.8. The van der Waals surface area contributed by atoms with E-state index in [1.54, 1.807) is 0 Å². The predicted molar refractivity (Wildman–Crippen MR) is 75.4 cm³/mol. The summed E-state index contributed by atoms with van der Waals surface area (Å²) in [6.45, 7) is 0.485. The van der Waals surface area contributed by atoms with E-state index < -0.39 is 10.0 Å². The van der Waals surface area contributed by atoms with Gasteiger partial charge in [0.2, 0.25) is 10.0 Å². The second-order valence-electron chi connectivity index (χ2n) is 4.92. The normalized spacial score (nSPS) is 16.6. The maximum absolute atomic E-state index is 11.9. The Morgan fingerprint density at radius 2 is 2.11 bits per heavy atom. The average molecular weight is 298 g/mol. The first-order valence-corrected chi connectivity index (χ1v) is 8.91. The number of sulfonamides is 1. The number of hydrogen-bond acceptors (Lipinski definition) is 4. The molecule has 6 heteroatoms. The van der Waals surface area contributed by atoms with E-state index in [2.05, 4.69) is 4.72 Å². The van der Waals surface area contributed by atoms with Crippen LogP contribution < -0.4 is 4.72 Å². The molecule has 104 valence electrons. The Kier molecular flexibility index (Phi) is 4.97. The third-order valence-electron chi connectivity index (χ3n) is 3.51. The van der Waals surface area contributed by atoms with Gasteiger partial charge < -0.3 is 0 Å². The molecule has 0 amide bonds. The van der Waals surface area contributed by atoms with Crippen molar-refractivity contribution in [2.75, 3.05) is 6.54 Å². The van der Waals surface area contributed by atoms with Gasteiger partial charge in [0.25, 0.3) is 0 Å². The highest BCUT2D eigenvalue weighted by Crippen LogP contribution is 2.28. The zero-order chi connectivity index (χ0) is 13.7. The molecule has 1 fully saturated rings. The Labute approximate surface area is 118 Å². The Hall–Kier alpha value is -0.900. The molecular formula is C13H18N2O2S2. The number of nitrogens with one attached hydrogen (secondary N) is 1. The third kappa shape index (κ3) is 4.03. The number of rotatable bonds is 6. The Morgan fingerprint density at radius 3 is 2.74 bits per heavy atom. The Balaban J connectivity index is 1.79. The second kappa shape index (κ2) is 6.51. The van der Waals surface area contributed by atoms with Crippen molar-refractivity contribution >= 4 is 21.4 Å². The van der Waals surface area contributed by atoms with Gasteiger partial charge >= 0.3 is 0 Å². The lowest BCUT2D eigenvalue weighted by Gasteiger charge is -2.09. The highest BCUT2D eigenvalue weighted by Gasteiger charge is 2.17. The summed E-state index contributed by atoms with van der Waals surface area (Å²) in [5, 5.41) is 8.70. The number of nitriles is 1. The molecule has 0 bridgehead atoms. The summed E-state index contributed by atoms with van der Waals surface area (Å²) in [4.78, 5) is 0.423. The molecule has 2 rings (SSSR count). The summed E-state index contributed by atoms with van der Waals surface area (Å²) in [5.41, 5.74) is 0. The van der Waals surface area contributed by atoms with Gasteiger partial charge in [0.1, 0.15) is 15.2 Å². The van der Waals surface area contributed by atoms with E-state index >= 15 is 0 Å². The molecule has 1 N–H and O–H groups in total. The van der Waals surface area contributed by atoms with Gasteiger partial charge in [0.15, 0.2) is 0 Å². The maximum atomic E-state index is 11.9. The minimum atomic E-state index is -3.43. The van der Waals surface area contributed by atoms with Gasteiger partial charge in [-0.25, -0.2) is 13.1 Å². The van der Waals surface area contributed by atoms with Crippen LogP contribution in [0.5, 0.6) is 0 Å². The molecule has 0 saturated heterocycles. The average Bonchev–Trinajstić information content (AvgIpc) is 3.05. The lowest BCUT2D eigenvalue weighted by molar-refractivity contribution is 0.480. The van der Waals surface area contributed by atoms with E-state index in [-0.39, 0.29) is 4.21 Å². The number of thiophene rings is 1. The van der Waals surface area contributed by atoms with Gasteiger partial charge in [0, 0.05) is 6.54 Å². The molecule has 0 aromatic carbocycles. The fourth-order valence-electron chi connectivity index (χ4n) is 2.49. The van der Waals surface area contributed by atoms with Crippen LogP contribution in [0.3, 0.4) is 0 Å². The molecule has 1 aromatic rings. The number of hydrogen-bond donors (Lipinski definition) is 1. The summed E-state index contributed by atoms with van der Waals surface area (Å²) in [7, 11) is -3.43. The molecule has 0 unspecified atom stereocenters. The van der Waals surface area contributed by atoms with Crippen molar-refractivity contribution in [2.45, 2.75) is 42.7 Å². The minimum absolute atomic E-state index is 0.227. The van der Waals surface area contributed by atoms with Crippen molar-refractivity contribution in [1.29, 1.82) is 5.26 Å². The van der Waals surface area contributed by atoms with Gasteiger partial charge in [-0.15, -0.1) is 11.3 Å². The van der Waals surface area contributed by atoms with Crippen molar-refractivity contribution in [3.8, 4) is 6.07 Å².